The van der Waals surface area contributed by atoms with Crippen molar-refractivity contribution in [1.29, 1.82) is 0 Å². The Kier molecular flexibility index (Phi) is 5.28. The van der Waals surface area contributed by atoms with Crippen molar-refractivity contribution < 1.29 is 4.79 Å². The van der Waals surface area contributed by atoms with Crippen LogP contribution >= 0.6 is 15.9 Å². The predicted molar refractivity (Wildman–Crippen MR) is 98.3 cm³/mol. The van der Waals surface area contributed by atoms with Gasteiger partial charge in [-0.2, -0.15) is 5.10 Å². The Hall–Kier alpha value is -2.48. The minimum atomic E-state index is -0.228. The minimum Gasteiger partial charge on any atom is -0.354 e. The Morgan fingerprint density at radius 3 is 2.96 bits per heavy atom. The normalized spacial score (nSPS) is 11.0. The van der Waals surface area contributed by atoms with Crippen molar-refractivity contribution in [1.82, 2.24) is 24.6 Å². The van der Waals surface area contributed by atoms with Crippen molar-refractivity contribution in [2.75, 3.05) is 6.54 Å². The van der Waals surface area contributed by atoms with Crippen LogP contribution in [0.25, 0.3) is 10.9 Å². The standard InChI is InChI=1S/C17H18BrN5O2/c1-12-8-21-23(9-12)6-2-5-19-16(24)10-22-11-20-15-4-3-13(18)7-14(15)17(22)25/h3-4,7-9,11H,2,5-6,10H2,1H3,(H,19,24). The number of aromatic nitrogens is 4. The molecule has 0 fully saturated rings. The van der Waals surface area contributed by atoms with Crippen molar-refractivity contribution in [2.24, 2.45) is 0 Å². The van der Waals surface area contributed by atoms with Gasteiger partial charge in [0.25, 0.3) is 5.56 Å². The number of nitrogens with zero attached hydrogens (tertiary/aromatic N) is 4. The largest absolute Gasteiger partial charge is 0.354 e. The lowest BCUT2D eigenvalue weighted by Gasteiger charge is -2.08. The zero-order chi connectivity index (χ0) is 17.8. The summed E-state index contributed by atoms with van der Waals surface area (Å²) in [5.74, 6) is -0.213. The van der Waals surface area contributed by atoms with E-state index in [1.54, 1.807) is 18.3 Å². The molecule has 8 heteroatoms. The molecule has 25 heavy (non-hydrogen) atoms. The van der Waals surface area contributed by atoms with Gasteiger partial charge >= 0.3 is 0 Å². The molecule has 0 radical (unpaired) electrons. The Morgan fingerprint density at radius 1 is 1.36 bits per heavy atom. The van der Waals surface area contributed by atoms with Crippen molar-refractivity contribution in [2.45, 2.75) is 26.4 Å². The minimum absolute atomic E-state index is 0.0465. The Labute approximate surface area is 152 Å². The van der Waals surface area contributed by atoms with Crippen LogP contribution in [0.5, 0.6) is 0 Å². The monoisotopic (exact) mass is 403 g/mol. The topological polar surface area (TPSA) is 81.8 Å². The zero-order valence-electron chi connectivity index (χ0n) is 13.8. The van der Waals surface area contributed by atoms with Gasteiger partial charge in [-0.3, -0.25) is 18.8 Å². The molecular formula is C17H18BrN5O2. The maximum Gasteiger partial charge on any atom is 0.261 e. The SMILES string of the molecule is Cc1cnn(CCCNC(=O)Cn2cnc3ccc(Br)cc3c2=O)c1. The van der Waals surface area contributed by atoms with Crippen LogP contribution in [-0.4, -0.2) is 31.8 Å². The second-order valence-electron chi connectivity index (χ2n) is 5.82. The second-order valence-corrected chi connectivity index (χ2v) is 6.74. The van der Waals surface area contributed by atoms with E-state index < -0.39 is 0 Å². The van der Waals surface area contributed by atoms with Crippen LogP contribution in [0.2, 0.25) is 0 Å². The molecule has 1 N–H and O–H groups in total. The third kappa shape index (κ3) is 4.33. The highest BCUT2D eigenvalue weighted by Gasteiger charge is 2.08. The van der Waals surface area contributed by atoms with Crippen molar-refractivity contribution >= 4 is 32.7 Å². The maximum absolute atomic E-state index is 12.4. The summed E-state index contributed by atoms with van der Waals surface area (Å²) >= 11 is 3.34. The fraction of sp³-hybridized carbons (Fsp3) is 0.294. The average molecular weight is 404 g/mol. The summed E-state index contributed by atoms with van der Waals surface area (Å²) in [7, 11) is 0. The molecule has 1 amide bonds. The van der Waals surface area contributed by atoms with Gasteiger partial charge in [-0.25, -0.2) is 4.98 Å². The van der Waals surface area contributed by atoms with E-state index >= 15 is 0 Å². The third-order valence-electron chi connectivity index (χ3n) is 3.75. The van der Waals surface area contributed by atoms with Crippen LogP contribution in [-0.2, 0) is 17.9 Å². The van der Waals surface area contributed by atoms with E-state index in [-0.39, 0.29) is 18.0 Å². The lowest BCUT2D eigenvalue weighted by Crippen LogP contribution is -2.33. The molecule has 130 valence electrons. The van der Waals surface area contributed by atoms with Crippen LogP contribution < -0.4 is 10.9 Å². The molecule has 0 saturated heterocycles. The molecular weight excluding hydrogens is 386 g/mol. The first-order chi connectivity index (χ1) is 12.0. The Bertz CT molecular complexity index is 963. The summed E-state index contributed by atoms with van der Waals surface area (Å²) in [5, 5.41) is 7.50. The molecule has 7 nitrogen and oxygen atoms in total. The number of fused-ring (bicyclic) bond motifs is 1. The number of amides is 1. The van der Waals surface area contributed by atoms with E-state index in [0.717, 1.165) is 23.0 Å². The van der Waals surface area contributed by atoms with E-state index in [1.807, 2.05) is 23.9 Å². The first kappa shape index (κ1) is 17.3. The number of carbonyl (C=O) groups is 1. The first-order valence-corrected chi connectivity index (χ1v) is 8.73. The molecule has 3 aromatic rings. The van der Waals surface area contributed by atoms with Gasteiger partial charge in [-0.15, -0.1) is 0 Å². The number of halogens is 1. The van der Waals surface area contributed by atoms with Gasteiger partial charge in [0, 0.05) is 23.8 Å². The van der Waals surface area contributed by atoms with E-state index in [1.165, 1.54) is 10.9 Å². The molecule has 0 aliphatic carbocycles. The second kappa shape index (κ2) is 7.60. The van der Waals surface area contributed by atoms with E-state index in [4.69, 9.17) is 0 Å². The molecule has 2 aromatic heterocycles. The highest BCUT2D eigenvalue weighted by molar-refractivity contribution is 9.10. The molecule has 3 rings (SSSR count). The van der Waals surface area contributed by atoms with Gasteiger partial charge in [-0.05, 0) is 37.1 Å². The summed E-state index contributed by atoms with van der Waals surface area (Å²) in [4.78, 5) is 28.7. The molecule has 0 atom stereocenters. The van der Waals surface area contributed by atoms with Crippen LogP contribution in [0.3, 0.4) is 0 Å². The van der Waals surface area contributed by atoms with Gasteiger partial charge < -0.3 is 5.32 Å². The van der Waals surface area contributed by atoms with Crippen LogP contribution in [0.4, 0.5) is 0 Å². The third-order valence-corrected chi connectivity index (χ3v) is 4.24. The molecule has 0 aliphatic heterocycles. The number of carbonyl (C=O) groups excluding carboxylic acids is 1. The number of aryl methyl sites for hydroxylation is 2. The lowest BCUT2D eigenvalue weighted by atomic mass is 10.2. The summed E-state index contributed by atoms with van der Waals surface area (Å²) in [6, 6.07) is 5.31. The first-order valence-electron chi connectivity index (χ1n) is 7.93. The summed E-state index contributed by atoms with van der Waals surface area (Å²) in [5.41, 5.74) is 1.49. The molecule has 0 unspecified atom stereocenters. The van der Waals surface area contributed by atoms with Gasteiger partial charge in [0.1, 0.15) is 6.54 Å². The molecule has 0 saturated carbocycles. The number of nitrogens with one attached hydrogen (secondary N) is 1. The fourth-order valence-electron chi connectivity index (χ4n) is 2.51. The van der Waals surface area contributed by atoms with Crippen LogP contribution in [0.15, 0.2) is 46.2 Å². The fourth-order valence-corrected chi connectivity index (χ4v) is 2.87. The van der Waals surface area contributed by atoms with E-state index in [0.29, 0.717) is 17.4 Å². The summed E-state index contributed by atoms with van der Waals surface area (Å²) in [6.07, 6.45) is 5.94. The van der Waals surface area contributed by atoms with E-state index in [9.17, 15) is 9.59 Å². The highest BCUT2D eigenvalue weighted by atomic mass is 79.9. The van der Waals surface area contributed by atoms with Gasteiger partial charge in [0.15, 0.2) is 0 Å². The van der Waals surface area contributed by atoms with Gasteiger partial charge in [0.2, 0.25) is 5.91 Å². The predicted octanol–water partition coefficient (Wildman–Crippen LogP) is 1.87. The van der Waals surface area contributed by atoms with Crippen molar-refractivity contribution in [3.05, 3.63) is 57.3 Å². The zero-order valence-corrected chi connectivity index (χ0v) is 15.4. The Morgan fingerprint density at radius 2 is 2.20 bits per heavy atom. The van der Waals surface area contributed by atoms with Gasteiger partial charge in [0.05, 0.1) is 23.4 Å². The van der Waals surface area contributed by atoms with Crippen LogP contribution in [0.1, 0.15) is 12.0 Å². The maximum atomic E-state index is 12.4. The van der Waals surface area contributed by atoms with Crippen LogP contribution in [0, 0.1) is 6.92 Å². The van der Waals surface area contributed by atoms with Gasteiger partial charge in [-0.1, -0.05) is 15.9 Å². The van der Waals surface area contributed by atoms with Crippen molar-refractivity contribution in [3.63, 3.8) is 0 Å². The lowest BCUT2D eigenvalue weighted by molar-refractivity contribution is -0.121. The number of rotatable bonds is 6. The number of hydrogen-bond donors (Lipinski definition) is 1. The number of benzene rings is 1. The summed E-state index contributed by atoms with van der Waals surface area (Å²) in [6.45, 7) is 3.20. The van der Waals surface area contributed by atoms with E-state index in [2.05, 4.69) is 31.3 Å². The smallest absolute Gasteiger partial charge is 0.261 e. The quantitative estimate of drug-likeness (QED) is 0.636. The molecule has 1 aromatic carbocycles. The number of hydrogen-bond acceptors (Lipinski definition) is 4. The molecule has 2 heterocycles. The molecule has 0 aliphatic rings. The summed E-state index contributed by atoms with van der Waals surface area (Å²) < 4.78 is 3.97. The highest BCUT2D eigenvalue weighted by Crippen LogP contribution is 2.14. The molecule has 0 spiro atoms. The average Bonchev–Trinajstić information content (AvgIpc) is 3.00. The van der Waals surface area contributed by atoms with Crippen molar-refractivity contribution in [3.8, 4) is 0 Å². The Balaban J connectivity index is 1.56. The molecule has 0 bridgehead atoms.